The molecule has 0 aliphatic carbocycles. The Hall–Kier alpha value is -3.08. The summed E-state index contributed by atoms with van der Waals surface area (Å²) in [7, 11) is 2.11. The lowest BCUT2D eigenvalue weighted by Gasteiger charge is -2.37. The van der Waals surface area contributed by atoms with E-state index in [1.54, 1.807) is 0 Å². The van der Waals surface area contributed by atoms with Gasteiger partial charge in [-0.3, -0.25) is 10.1 Å². The van der Waals surface area contributed by atoms with Gasteiger partial charge in [-0.15, -0.1) is 0 Å². The molecule has 0 radical (unpaired) electrons. The lowest BCUT2D eigenvalue weighted by Crippen LogP contribution is -2.43. The number of piperidine rings is 1. The van der Waals surface area contributed by atoms with Crippen LogP contribution in [0, 0.1) is 15.9 Å². The SMILES string of the molecule is CN1CCC2(CCC(COc3cc4ncnc(Nc5ccc(F)c(Cl)c5)c4cc3[N+](=O)[O-])O2)CC1. The molecule has 184 valence electrons. The molecule has 2 aliphatic heterocycles. The monoisotopic (exact) mass is 501 g/mol. The number of hydrogen-bond donors (Lipinski definition) is 1. The van der Waals surface area contributed by atoms with E-state index in [1.807, 2.05) is 0 Å². The molecule has 35 heavy (non-hydrogen) atoms. The molecule has 1 spiro atoms. The molecular weight excluding hydrogens is 477 g/mol. The minimum absolute atomic E-state index is 0.0498. The molecule has 2 saturated heterocycles. The van der Waals surface area contributed by atoms with Gasteiger partial charge in [-0.05, 0) is 50.9 Å². The Balaban J connectivity index is 1.36. The van der Waals surface area contributed by atoms with Crippen LogP contribution in [-0.2, 0) is 4.74 Å². The lowest BCUT2D eigenvalue weighted by molar-refractivity contribution is -0.385. The van der Waals surface area contributed by atoms with Crippen molar-refractivity contribution in [2.45, 2.75) is 37.4 Å². The van der Waals surface area contributed by atoms with Gasteiger partial charge in [-0.2, -0.15) is 0 Å². The van der Waals surface area contributed by atoms with Crippen molar-refractivity contribution in [1.29, 1.82) is 0 Å². The lowest BCUT2D eigenvalue weighted by atomic mass is 9.89. The van der Waals surface area contributed by atoms with E-state index in [1.165, 1.54) is 36.7 Å². The highest BCUT2D eigenvalue weighted by atomic mass is 35.5. The fourth-order valence-electron chi connectivity index (χ4n) is 4.73. The molecule has 1 atom stereocenters. The van der Waals surface area contributed by atoms with E-state index in [9.17, 15) is 14.5 Å². The van der Waals surface area contributed by atoms with Crippen LogP contribution in [0.25, 0.3) is 10.9 Å². The molecule has 2 aliphatic rings. The first-order chi connectivity index (χ1) is 16.8. The molecule has 1 N–H and O–H groups in total. The number of anilines is 2. The maximum atomic E-state index is 13.5. The molecule has 3 aromatic rings. The third kappa shape index (κ3) is 5.00. The number of nitrogens with zero attached hydrogens (tertiary/aromatic N) is 4. The second kappa shape index (κ2) is 9.52. The van der Waals surface area contributed by atoms with Gasteiger partial charge >= 0.3 is 5.69 Å². The number of nitro benzene ring substituents is 1. The van der Waals surface area contributed by atoms with Crippen LogP contribution in [0.2, 0.25) is 5.02 Å². The molecule has 5 rings (SSSR count). The Morgan fingerprint density at radius 3 is 2.83 bits per heavy atom. The van der Waals surface area contributed by atoms with E-state index in [-0.39, 0.29) is 34.8 Å². The van der Waals surface area contributed by atoms with Crippen molar-refractivity contribution in [2.75, 3.05) is 32.1 Å². The van der Waals surface area contributed by atoms with E-state index >= 15 is 0 Å². The third-order valence-corrected chi connectivity index (χ3v) is 7.05. The normalized spacial score (nSPS) is 19.8. The number of rotatable bonds is 6. The Bertz CT molecular complexity index is 1270. The third-order valence-electron chi connectivity index (χ3n) is 6.76. The average Bonchev–Trinajstić information content (AvgIpc) is 3.24. The van der Waals surface area contributed by atoms with Crippen LogP contribution in [0.4, 0.5) is 21.6 Å². The molecule has 1 aromatic heterocycles. The molecule has 0 amide bonds. The van der Waals surface area contributed by atoms with Crippen molar-refractivity contribution in [3.8, 4) is 5.75 Å². The van der Waals surface area contributed by atoms with Crippen molar-refractivity contribution in [3.05, 3.63) is 57.6 Å². The number of nitro groups is 1. The van der Waals surface area contributed by atoms with Crippen LogP contribution in [0.3, 0.4) is 0 Å². The maximum absolute atomic E-state index is 13.5. The summed E-state index contributed by atoms with van der Waals surface area (Å²) < 4.78 is 25.8. The number of hydrogen-bond acceptors (Lipinski definition) is 8. The Labute approximate surface area is 206 Å². The zero-order valence-electron chi connectivity index (χ0n) is 19.2. The van der Waals surface area contributed by atoms with E-state index in [4.69, 9.17) is 21.1 Å². The van der Waals surface area contributed by atoms with Gasteiger partial charge in [0, 0.05) is 30.9 Å². The number of ether oxygens (including phenoxy) is 2. The predicted molar refractivity (Wildman–Crippen MR) is 130 cm³/mol. The van der Waals surface area contributed by atoms with E-state index in [0.29, 0.717) is 22.4 Å². The van der Waals surface area contributed by atoms with Crippen LogP contribution in [0.15, 0.2) is 36.7 Å². The summed E-state index contributed by atoms with van der Waals surface area (Å²) in [4.78, 5) is 22.1. The summed E-state index contributed by atoms with van der Waals surface area (Å²) in [5, 5.41) is 15.3. The van der Waals surface area contributed by atoms with E-state index in [0.717, 1.165) is 38.8 Å². The number of halogens is 2. The summed E-state index contributed by atoms with van der Waals surface area (Å²) in [6, 6.07) is 7.06. The summed E-state index contributed by atoms with van der Waals surface area (Å²) in [6.07, 6.45) is 5.05. The van der Waals surface area contributed by atoms with E-state index < -0.39 is 10.7 Å². The van der Waals surface area contributed by atoms with Gasteiger partial charge in [0.1, 0.15) is 24.6 Å². The largest absolute Gasteiger partial charge is 0.484 e. The molecular formula is C24H25ClFN5O4. The smallest absolute Gasteiger partial charge is 0.311 e. The van der Waals surface area contributed by atoms with Gasteiger partial charge in [-0.1, -0.05) is 11.6 Å². The fraction of sp³-hybridized carbons (Fsp3) is 0.417. The fourth-order valence-corrected chi connectivity index (χ4v) is 4.91. The summed E-state index contributed by atoms with van der Waals surface area (Å²) in [5.41, 5.74) is 0.655. The number of fused-ring (bicyclic) bond motifs is 1. The first-order valence-corrected chi connectivity index (χ1v) is 11.8. The van der Waals surface area contributed by atoms with Crippen molar-refractivity contribution in [2.24, 2.45) is 0 Å². The number of likely N-dealkylation sites (tertiary alicyclic amines) is 1. The van der Waals surface area contributed by atoms with Crippen molar-refractivity contribution in [1.82, 2.24) is 14.9 Å². The molecule has 1 unspecified atom stereocenters. The van der Waals surface area contributed by atoms with Gasteiger partial charge in [0.15, 0.2) is 5.75 Å². The first kappa shape index (κ1) is 23.7. The maximum Gasteiger partial charge on any atom is 0.311 e. The molecule has 11 heteroatoms. The molecule has 2 fully saturated rings. The Morgan fingerprint density at radius 1 is 1.29 bits per heavy atom. The zero-order valence-corrected chi connectivity index (χ0v) is 19.9. The topological polar surface area (TPSA) is 103 Å². The highest BCUT2D eigenvalue weighted by molar-refractivity contribution is 6.31. The number of aromatic nitrogens is 2. The summed E-state index contributed by atoms with van der Waals surface area (Å²) in [5.74, 6) is -0.0873. The average molecular weight is 502 g/mol. The number of nitrogens with one attached hydrogen (secondary N) is 1. The van der Waals surface area contributed by atoms with Crippen molar-refractivity contribution < 1.29 is 18.8 Å². The van der Waals surface area contributed by atoms with Gasteiger partial charge in [0.25, 0.3) is 0 Å². The van der Waals surface area contributed by atoms with Crippen LogP contribution in [0.5, 0.6) is 5.75 Å². The second-order valence-corrected chi connectivity index (χ2v) is 9.55. The van der Waals surface area contributed by atoms with Crippen LogP contribution >= 0.6 is 11.6 Å². The molecule has 2 aromatic carbocycles. The Morgan fingerprint density at radius 2 is 2.09 bits per heavy atom. The number of benzene rings is 2. The quantitative estimate of drug-likeness (QED) is 0.368. The Kier molecular flexibility index (Phi) is 6.43. The van der Waals surface area contributed by atoms with Crippen LogP contribution < -0.4 is 10.1 Å². The first-order valence-electron chi connectivity index (χ1n) is 11.5. The summed E-state index contributed by atoms with van der Waals surface area (Å²) >= 11 is 5.86. The van der Waals surface area contributed by atoms with Gasteiger partial charge in [-0.25, -0.2) is 14.4 Å². The van der Waals surface area contributed by atoms with Crippen molar-refractivity contribution >= 4 is 39.7 Å². The zero-order chi connectivity index (χ0) is 24.6. The molecule has 0 bridgehead atoms. The van der Waals surface area contributed by atoms with Gasteiger partial charge in [0.2, 0.25) is 0 Å². The second-order valence-electron chi connectivity index (χ2n) is 9.15. The van der Waals surface area contributed by atoms with Crippen LogP contribution in [-0.4, -0.2) is 58.2 Å². The predicted octanol–water partition coefficient (Wildman–Crippen LogP) is 5.10. The van der Waals surface area contributed by atoms with Gasteiger partial charge < -0.3 is 19.7 Å². The van der Waals surface area contributed by atoms with E-state index in [2.05, 4.69) is 27.2 Å². The van der Waals surface area contributed by atoms with Crippen molar-refractivity contribution in [3.63, 3.8) is 0 Å². The molecule has 0 saturated carbocycles. The summed E-state index contributed by atoms with van der Waals surface area (Å²) in [6.45, 7) is 2.24. The van der Waals surface area contributed by atoms with Gasteiger partial charge in [0.05, 0.1) is 32.6 Å². The highest BCUT2D eigenvalue weighted by Crippen LogP contribution is 2.40. The highest BCUT2D eigenvalue weighted by Gasteiger charge is 2.42. The minimum atomic E-state index is -0.546. The molecule has 9 nitrogen and oxygen atoms in total. The minimum Gasteiger partial charge on any atom is -0.484 e. The molecule has 3 heterocycles. The standard InChI is InChI=1S/C24H25ClFN5O4/c1-30-8-6-24(7-9-30)5-4-16(35-24)13-34-22-12-20-17(11-21(22)31(32)33)23(28-14-27-20)29-15-2-3-19(26)18(25)10-15/h2-3,10-12,14,16H,4-9,13H2,1H3,(H,27,28,29). The van der Waals surface area contributed by atoms with Crippen LogP contribution in [0.1, 0.15) is 25.7 Å².